The van der Waals surface area contributed by atoms with Gasteiger partial charge in [-0.1, -0.05) is 27.7 Å². The number of methoxy groups -OCH3 is 3. The third-order valence-corrected chi connectivity index (χ3v) is 5.80. The van der Waals surface area contributed by atoms with Crippen LogP contribution >= 0.6 is 22.6 Å². The predicted octanol–water partition coefficient (Wildman–Crippen LogP) is 3.89. The first kappa shape index (κ1) is 25.6. The topological polar surface area (TPSA) is 112 Å². The molecule has 2 amide bonds. The molecule has 0 spiro atoms. The number of hydrogen-bond acceptors (Lipinski definition) is 7. The lowest BCUT2D eigenvalue weighted by Crippen LogP contribution is -2.22. The molecule has 174 valence electrons. The van der Waals surface area contributed by atoms with Crippen molar-refractivity contribution in [3.8, 4) is 17.2 Å². The highest BCUT2D eigenvalue weighted by Gasteiger charge is 2.21. The van der Waals surface area contributed by atoms with Gasteiger partial charge in [-0.3, -0.25) is 14.9 Å². The van der Waals surface area contributed by atoms with Crippen LogP contribution in [0.3, 0.4) is 0 Å². The van der Waals surface area contributed by atoms with Gasteiger partial charge in [0.05, 0.1) is 24.9 Å². The Bertz CT molecular complexity index is 995. The van der Waals surface area contributed by atoms with E-state index in [-0.39, 0.29) is 29.6 Å². The summed E-state index contributed by atoms with van der Waals surface area (Å²) in [7, 11) is 4.66. The van der Waals surface area contributed by atoms with Crippen LogP contribution in [0.1, 0.15) is 38.8 Å². The normalized spacial score (nSPS) is 10.8. The first-order chi connectivity index (χ1) is 15.1. The Labute approximate surface area is 201 Å². The van der Waals surface area contributed by atoms with Crippen LogP contribution in [0.2, 0.25) is 0 Å². The maximum absolute atomic E-state index is 12.4. The number of aromatic nitrogens is 2. The number of carbonyl (C=O) groups is 2. The maximum atomic E-state index is 12.4. The van der Waals surface area contributed by atoms with Crippen molar-refractivity contribution < 1.29 is 23.8 Å². The summed E-state index contributed by atoms with van der Waals surface area (Å²) in [5, 5.41) is 5.51. The van der Waals surface area contributed by atoms with E-state index in [4.69, 9.17) is 14.2 Å². The Morgan fingerprint density at radius 3 is 2.06 bits per heavy atom. The number of benzene rings is 1. The summed E-state index contributed by atoms with van der Waals surface area (Å²) in [4.78, 5) is 33.1. The van der Waals surface area contributed by atoms with E-state index < -0.39 is 0 Å². The SMILES string of the molecule is COc1cc(Cc2cnc(NC(=O)C(C)C)nc2NC(=O)C(C)C)c(I)c(OC)c1OC. The molecule has 1 heterocycles. The lowest BCUT2D eigenvalue weighted by atomic mass is 10.0. The van der Waals surface area contributed by atoms with E-state index >= 15 is 0 Å². The van der Waals surface area contributed by atoms with Gasteiger partial charge in [0, 0.05) is 30.0 Å². The van der Waals surface area contributed by atoms with Crippen LogP contribution < -0.4 is 24.8 Å². The summed E-state index contributed by atoms with van der Waals surface area (Å²) in [6.45, 7) is 7.13. The first-order valence-electron chi connectivity index (χ1n) is 10.1. The number of rotatable bonds is 9. The molecule has 0 aliphatic heterocycles. The summed E-state index contributed by atoms with van der Waals surface area (Å²) >= 11 is 2.18. The molecule has 1 aromatic heterocycles. The van der Waals surface area contributed by atoms with Crippen molar-refractivity contribution in [3.63, 3.8) is 0 Å². The lowest BCUT2D eigenvalue weighted by molar-refractivity contribution is -0.119. The molecule has 2 N–H and O–H groups in total. The summed E-state index contributed by atoms with van der Waals surface area (Å²) < 4.78 is 17.3. The van der Waals surface area contributed by atoms with E-state index in [0.717, 1.165) is 9.13 Å². The monoisotopic (exact) mass is 556 g/mol. The van der Waals surface area contributed by atoms with E-state index in [1.807, 2.05) is 6.07 Å². The molecule has 32 heavy (non-hydrogen) atoms. The van der Waals surface area contributed by atoms with E-state index in [9.17, 15) is 9.59 Å². The molecular formula is C22H29IN4O5. The van der Waals surface area contributed by atoms with E-state index in [1.165, 1.54) is 0 Å². The summed E-state index contributed by atoms with van der Waals surface area (Å²) in [5.41, 5.74) is 1.55. The maximum Gasteiger partial charge on any atom is 0.231 e. The minimum atomic E-state index is -0.243. The predicted molar refractivity (Wildman–Crippen MR) is 131 cm³/mol. The fraction of sp³-hybridized carbons (Fsp3) is 0.455. The number of ether oxygens (including phenoxy) is 3. The van der Waals surface area contributed by atoms with Gasteiger partial charge in [-0.25, -0.2) is 4.98 Å². The van der Waals surface area contributed by atoms with Gasteiger partial charge in [-0.2, -0.15) is 4.98 Å². The van der Waals surface area contributed by atoms with Crippen LogP contribution in [0.5, 0.6) is 17.2 Å². The zero-order chi connectivity index (χ0) is 24.0. The highest BCUT2D eigenvalue weighted by Crippen LogP contribution is 2.43. The molecular weight excluding hydrogens is 527 g/mol. The summed E-state index contributed by atoms with van der Waals surface area (Å²) in [6, 6.07) is 1.85. The summed E-state index contributed by atoms with van der Waals surface area (Å²) in [6.07, 6.45) is 1.99. The smallest absolute Gasteiger partial charge is 0.231 e. The fourth-order valence-corrected chi connectivity index (χ4v) is 3.54. The average Bonchev–Trinajstić information content (AvgIpc) is 2.75. The van der Waals surface area contributed by atoms with Gasteiger partial charge in [-0.15, -0.1) is 0 Å². The molecule has 0 aliphatic rings. The Balaban J connectivity index is 2.52. The molecule has 0 atom stereocenters. The second-order valence-corrected chi connectivity index (χ2v) is 8.73. The van der Waals surface area contributed by atoms with Crippen LogP contribution in [-0.4, -0.2) is 43.1 Å². The molecule has 2 aromatic rings. The van der Waals surface area contributed by atoms with Gasteiger partial charge in [0.1, 0.15) is 5.82 Å². The number of halogens is 1. The van der Waals surface area contributed by atoms with Crippen LogP contribution in [0.4, 0.5) is 11.8 Å². The number of nitrogens with zero attached hydrogens (tertiary/aromatic N) is 2. The third-order valence-electron chi connectivity index (χ3n) is 4.62. The zero-order valence-corrected chi connectivity index (χ0v) is 21.5. The van der Waals surface area contributed by atoms with Crippen LogP contribution in [-0.2, 0) is 16.0 Å². The highest BCUT2D eigenvalue weighted by molar-refractivity contribution is 14.1. The third kappa shape index (κ3) is 5.99. The van der Waals surface area contributed by atoms with Gasteiger partial charge < -0.3 is 19.5 Å². The van der Waals surface area contributed by atoms with Crippen molar-refractivity contribution in [1.82, 2.24) is 9.97 Å². The minimum Gasteiger partial charge on any atom is -0.493 e. The molecule has 0 radical (unpaired) electrons. The molecule has 0 unspecified atom stereocenters. The molecule has 1 aromatic carbocycles. The zero-order valence-electron chi connectivity index (χ0n) is 19.3. The van der Waals surface area contributed by atoms with Gasteiger partial charge in [0.2, 0.25) is 23.5 Å². The van der Waals surface area contributed by atoms with Gasteiger partial charge in [-0.05, 0) is 34.2 Å². The first-order valence-corrected chi connectivity index (χ1v) is 11.2. The standard InChI is InChI=1S/C22H29IN4O5/c1-11(2)20(28)25-19-14(10-24-22(26-19)27-21(29)12(3)4)8-13-9-15(30-5)17(31-6)18(32-7)16(13)23/h9-12H,8H2,1-7H3,(H2,24,25,26,27,28,29). The van der Waals surface area contributed by atoms with Crippen LogP contribution in [0, 0.1) is 15.4 Å². The van der Waals surface area contributed by atoms with Crippen LogP contribution in [0.15, 0.2) is 12.3 Å². The number of nitrogens with one attached hydrogen (secondary N) is 2. The average molecular weight is 556 g/mol. The Morgan fingerprint density at radius 2 is 1.53 bits per heavy atom. The van der Waals surface area contributed by atoms with Crippen LogP contribution in [0.25, 0.3) is 0 Å². The molecule has 0 fully saturated rings. The van der Waals surface area contributed by atoms with Gasteiger partial charge in [0.25, 0.3) is 0 Å². The minimum absolute atomic E-state index is 0.131. The molecule has 0 bridgehead atoms. The molecule has 2 rings (SSSR count). The van der Waals surface area contributed by atoms with Crippen molar-refractivity contribution in [3.05, 3.63) is 27.0 Å². The van der Waals surface area contributed by atoms with Crippen molar-refractivity contribution in [2.24, 2.45) is 11.8 Å². The number of carbonyl (C=O) groups excluding carboxylic acids is 2. The van der Waals surface area contributed by atoms with Crippen molar-refractivity contribution in [1.29, 1.82) is 0 Å². The lowest BCUT2D eigenvalue weighted by Gasteiger charge is -2.18. The number of anilines is 2. The number of amides is 2. The molecule has 9 nitrogen and oxygen atoms in total. The fourth-order valence-electron chi connectivity index (χ4n) is 2.73. The van der Waals surface area contributed by atoms with Crippen molar-refractivity contribution in [2.45, 2.75) is 34.1 Å². The highest BCUT2D eigenvalue weighted by atomic mass is 127. The van der Waals surface area contributed by atoms with E-state index in [0.29, 0.717) is 35.1 Å². The molecule has 0 aliphatic carbocycles. The van der Waals surface area contributed by atoms with Crippen molar-refractivity contribution >= 4 is 46.2 Å². The van der Waals surface area contributed by atoms with Gasteiger partial charge >= 0.3 is 0 Å². The van der Waals surface area contributed by atoms with E-state index in [2.05, 4.69) is 43.2 Å². The Morgan fingerprint density at radius 1 is 0.938 bits per heavy atom. The Kier molecular flexibility index (Phi) is 9.05. The molecule has 0 saturated carbocycles. The second-order valence-electron chi connectivity index (χ2n) is 7.65. The molecule has 0 saturated heterocycles. The van der Waals surface area contributed by atoms with E-state index in [1.54, 1.807) is 55.2 Å². The van der Waals surface area contributed by atoms with Gasteiger partial charge in [0.15, 0.2) is 11.5 Å². The van der Waals surface area contributed by atoms with Crippen molar-refractivity contribution in [2.75, 3.05) is 32.0 Å². The largest absolute Gasteiger partial charge is 0.493 e. The second kappa shape index (κ2) is 11.3. The Hall–Kier alpha value is -2.63. The number of hydrogen-bond donors (Lipinski definition) is 2. The molecule has 10 heteroatoms. The quantitative estimate of drug-likeness (QED) is 0.451. The summed E-state index contributed by atoms with van der Waals surface area (Å²) in [5.74, 6) is 1.17.